The van der Waals surface area contributed by atoms with Crippen molar-refractivity contribution in [3.05, 3.63) is 64.8 Å². The summed E-state index contributed by atoms with van der Waals surface area (Å²) in [5.74, 6) is 1.15. The van der Waals surface area contributed by atoms with Gasteiger partial charge in [-0.1, -0.05) is 30.3 Å². The van der Waals surface area contributed by atoms with Crippen LogP contribution in [-0.4, -0.2) is 47.4 Å². The second-order valence-electron chi connectivity index (χ2n) is 11.0. The van der Waals surface area contributed by atoms with Crippen LogP contribution in [0.3, 0.4) is 0 Å². The van der Waals surface area contributed by atoms with E-state index in [1.807, 2.05) is 25.1 Å². The van der Waals surface area contributed by atoms with Gasteiger partial charge in [0.05, 0.1) is 18.3 Å². The summed E-state index contributed by atoms with van der Waals surface area (Å²) in [6, 6.07) is 14.4. The molecule has 0 aliphatic carbocycles. The van der Waals surface area contributed by atoms with Gasteiger partial charge < -0.3 is 19.2 Å². The van der Waals surface area contributed by atoms with Crippen molar-refractivity contribution in [2.24, 2.45) is 5.92 Å². The van der Waals surface area contributed by atoms with E-state index >= 15 is 0 Å². The highest BCUT2D eigenvalue weighted by atomic mass is 16.6. The molecule has 2 aromatic carbocycles. The van der Waals surface area contributed by atoms with Gasteiger partial charge in [-0.25, -0.2) is 4.79 Å². The fourth-order valence-electron chi connectivity index (χ4n) is 7.11. The second kappa shape index (κ2) is 8.63. The SMILES string of the molecule is Cc1[nH]c2ccc3c(c2c1C(=O)OCC[C@H]1O[C@@H]1c1ccccc1)CC1CCCN2CCCCC12O3. The molecule has 7 rings (SSSR count). The van der Waals surface area contributed by atoms with E-state index in [2.05, 4.69) is 34.1 Å². The number of aromatic amines is 1. The number of aromatic nitrogens is 1. The second-order valence-corrected chi connectivity index (χ2v) is 11.0. The van der Waals surface area contributed by atoms with Crippen molar-refractivity contribution >= 4 is 16.9 Å². The normalized spacial score (nSPS) is 29.1. The molecule has 36 heavy (non-hydrogen) atoms. The van der Waals surface area contributed by atoms with Crippen LogP contribution in [0, 0.1) is 12.8 Å². The Morgan fingerprint density at radius 2 is 2.00 bits per heavy atom. The molecule has 6 nitrogen and oxygen atoms in total. The van der Waals surface area contributed by atoms with Crippen LogP contribution in [0.25, 0.3) is 10.9 Å². The molecule has 0 radical (unpaired) electrons. The highest BCUT2D eigenvalue weighted by molar-refractivity contribution is 6.07. The summed E-state index contributed by atoms with van der Waals surface area (Å²) in [5.41, 5.74) is 4.70. The molecule has 6 heteroatoms. The molecule has 2 unspecified atom stereocenters. The average molecular weight is 487 g/mol. The molecule has 1 aromatic heterocycles. The number of benzene rings is 2. The summed E-state index contributed by atoms with van der Waals surface area (Å²) >= 11 is 0. The summed E-state index contributed by atoms with van der Waals surface area (Å²) < 4.78 is 18.5. The molecule has 0 bridgehead atoms. The molecular formula is C30H34N2O4. The number of hydrogen-bond donors (Lipinski definition) is 1. The number of aryl methyl sites for hydroxylation is 1. The molecule has 0 saturated carbocycles. The molecular weight excluding hydrogens is 452 g/mol. The van der Waals surface area contributed by atoms with Crippen molar-refractivity contribution < 1.29 is 19.0 Å². The molecule has 3 saturated heterocycles. The minimum atomic E-state index is -0.257. The number of carbonyl (C=O) groups is 1. The van der Waals surface area contributed by atoms with Gasteiger partial charge in [0.2, 0.25) is 0 Å². The van der Waals surface area contributed by atoms with Crippen LogP contribution in [0.4, 0.5) is 0 Å². The minimum Gasteiger partial charge on any atom is -0.472 e. The van der Waals surface area contributed by atoms with Crippen molar-refractivity contribution in [3.8, 4) is 5.75 Å². The van der Waals surface area contributed by atoms with Gasteiger partial charge >= 0.3 is 5.97 Å². The maximum Gasteiger partial charge on any atom is 0.340 e. The third kappa shape index (κ3) is 3.57. The first-order chi connectivity index (χ1) is 17.6. The topological polar surface area (TPSA) is 67.1 Å². The Labute approximate surface area is 211 Å². The number of piperidine rings is 2. The molecule has 4 aliphatic rings. The Bertz CT molecular complexity index is 1300. The van der Waals surface area contributed by atoms with E-state index in [4.69, 9.17) is 14.2 Å². The zero-order valence-corrected chi connectivity index (χ0v) is 20.9. The predicted octanol–water partition coefficient (Wildman–Crippen LogP) is 5.69. The van der Waals surface area contributed by atoms with Gasteiger partial charge in [-0.2, -0.15) is 0 Å². The fourth-order valence-corrected chi connectivity index (χ4v) is 7.11. The summed E-state index contributed by atoms with van der Waals surface area (Å²) in [6.07, 6.45) is 7.87. The van der Waals surface area contributed by atoms with E-state index < -0.39 is 0 Å². The van der Waals surface area contributed by atoms with Crippen molar-refractivity contribution in [2.45, 2.75) is 69.8 Å². The van der Waals surface area contributed by atoms with E-state index in [1.54, 1.807) is 0 Å². The van der Waals surface area contributed by atoms with Crippen molar-refractivity contribution in [3.63, 3.8) is 0 Å². The van der Waals surface area contributed by atoms with Crippen LogP contribution < -0.4 is 4.74 Å². The number of H-pyrrole nitrogens is 1. The average Bonchev–Trinajstić information content (AvgIpc) is 3.59. The molecule has 188 valence electrons. The Hall–Kier alpha value is -2.83. The summed E-state index contributed by atoms with van der Waals surface area (Å²) in [6.45, 7) is 4.58. The molecule has 3 fully saturated rings. The first-order valence-electron chi connectivity index (χ1n) is 13.6. The number of nitrogens with zero attached hydrogens (tertiary/aromatic N) is 1. The van der Waals surface area contributed by atoms with Crippen LogP contribution in [0.15, 0.2) is 42.5 Å². The van der Waals surface area contributed by atoms with Crippen LogP contribution in [0.1, 0.15) is 71.8 Å². The van der Waals surface area contributed by atoms with Gasteiger partial charge in [0.25, 0.3) is 0 Å². The van der Waals surface area contributed by atoms with E-state index in [9.17, 15) is 4.79 Å². The predicted molar refractivity (Wildman–Crippen MR) is 137 cm³/mol. The highest BCUT2D eigenvalue weighted by Crippen LogP contribution is 2.50. The zero-order chi connectivity index (χ0) is 24.3. The van der Waals surface area contributed by atoms with Crippen LogP contribution in [0.2, 0.25) is 0 Å². The first kappa shape index (κ1) is 22.4. The Morgan fingerprint density at radius 1 is 1.14 bits per heavy atom. The number of epoxide rings is 1. The van der Waals surface area contributed by atoms with Gasteiger partial charge in [0.15, 0.2) is 5.72 Å². The van der Waals surface area contributed by atoms with Crippen molar-refractivity contribution in [1.82, 2.24) is 9.88 Å². The van der Waals surface area contributed by atoms with Crippen LogP contribution in [0.5, 0.6) is 5.75 Å². The number of carbonyl (C=O) groups excluding carboxylic acids is 1. The van der Waals surface area contributed by atoms with Gasteiger partial charge in [-0.3, -0.25) is 4.90 Å². The fraction of sp³-hybridized carbons (Fsp3) is 0.500. The van der Waals surface area contributed by atoms with Crippen molar-refractivity contribution in [1.29, 1.82) is 0 Å². The summed E-state index contributed by atoms with van der Waals surface area (Å²) in [4.78, 5) is 19.4. The molecule has 5 heterocycles. The van der Waals surface area contributed by atoms with Gasteiger partial charge in [0, 0.05) is 54.0 Å². The lowest BCUT2D eigenvalue weighted by molar-refractivity contribution is -0.177. The molecule has 1 N–H and O–H groups in total. The quantitative estimate of drug-likeness (QED) is 0.371. The highest BCUT2D eigenvalue weighted by Gasteiger charge is 2.52. The number of fused-ring (bicyclic) bond motifs is 3. The largest absolute Gasteiger partial charge is 0.472 e. The number of ether oxygens (including phenoxy) is 3. The molecule has 4 atom stereocenters. The maximum absolute atomic E-state index is 13.4. The maximum atomic E-state index is 13.4. The smallest absolute Gasteiger partial charge is 0.340 e. The number of nitrogens with one attached hydrogen (secondary N) is 1. The van der Waals surface area contributed by atoms with Crippen molar-refractivity contribution in [2.75, 3.05) is 19.7 Å². The monoisotopic (exact) mass is 486 g/mol. The Balaban J connectivity index is 1.12. The number of hydrogen-bond acceptors (Lipinski definition) is 5. The third-order valence-electron chi connectivity index (χ3n) is 8.87. The lowest BCUT2D eigenvalue weighted by Gasteiger charge is -2.56. The van der Waals surface area contributed by atoms with E-state index in [1.165, 1.54) is 36.8 Å². The van der Waals surface area contributed by atoms with Gasteiger partial charge in [-0.15, -0.1) is 0 Å². The standard InChI is InChI=1S/C30H34N2O4/c1-19-26(29(33)34-17-13-25-28(35-25)20-8-3-2-4-9-20)27-22-18-21-10-7-16-32-15-6-5-14-30(21,32)36-24(22)12-11-23(27)31-19/h2-4,8-9,11-12,21,25,28,31H,5-7,10,13-18H2,1H3/t21?,25-,28-,30?/m1/s1. The summed E-state index contributed by atoms with van der Waals surface area (Å²) in [7, 11) is 0. The van der Waals surface area contributed by atoms with Crippen LogP contribution >= 0.6 is 0 Å². The van der Waals surface area contributed by atoms with Gasteiger partial charge in [0.1, 0.15) is 11.9 Å². The van der Waals surface area contributed by atoms with E-state index in [0.29, 0.717) is 24.5 Å². The third-order valence-corrected chi connectivity index (χ3v) is 8.87. The Morgan fingerprint density at radius 3 is 2.89 bits per heavy atom. The van der Waals surface area contributed by atoms with E-state index in [-0.39, 0.29) is 23.9 Å². The number of esters is 1. The molecule has 1 spiro atoms. The Kier molecular flexibility index (Phi) is 5.37. The van der Waals surface area contributed by atoms with Gasteiger partial charge in [-0.05, 0) is 56.7 Å². The lowest BCUT2D eigenvalue weighted by atomic mass is 9.74. The lowest BCUT2D eigenvalue weighted by Crippen LogP contribution is -2.64. The molecule has 4 aliphatic heterocycles. The number of rotatable bonds is 5. The molecule has 0 amide bonds. The summed E-state index contributed by atoms with van der Waals surface area (Å²) in [5, 5.41) is 0.989. The first-order valence-corrected chi connectivity index (χ1v) is 13.6. The van der Waals surface area contributed by atoms with Crippen LogP contribution in [-0.2, 0) is 15.9 Å². The minimum absolute atomic E-state index is 0.117. The molecule has 3 aromatic rings. The zero-order valence-electron chi connectivity index (χ0n) is 20.9. The van der Waals surface area contributed by atoms with E-state index in [0.717, 1.165) is 48.3 Å².